The lowest BCUT2D eigenvalue weighted by Crippen LogP contribution is -2.14. The molecule has 0 aliphatic heterocycles. The van der Waals surface area contributed by atoms with Gasteiger partial charge in [-0.1, -0.05) is 6.07 Å². The quantitative estimate of drug-likeness (QED) is 0.572. The van der Waals surface area contributed by atoms with Crippen LogP contribution in [0.5, 0.6) is 5.75 Å². The van der Waals surface area contributed by atoms with Crippen molar-refractivity contribution in [2.75, 3.05) is 17.3 Å². The number of nitrogen functional groups attached to an aromatic ring is 1. The Morgan fingerprint density at radius 3 is 2.80 bits per heavy atom. The Kier molecular flexibility index (Phi) is 4.52. The Bertz CT molecular complexity index is 584. The number of hydrogen-bond donors (Lipinski definition) is 3. The molecule has 2 rings (SSSR count). The minimum absolute atomic E-state index is 0.290. The zero-order valence-electron chi connectivity index (χ0n) is 11.1. The monoisotopic (exact) mass is 272 g/mol. The second kappa shape index (κ2) is 6.53. The van der Waals surface area contributed by atoms with Crippen LogP contribution in [0.3, 0.4) is 0 Å². The van der Waals surface area contributed by atoms with Crippen LogP contribution < -0.4 is 21.3 Å². The highest BCUT2D eigenvalue weighted by Gasteiger charge is 2.08. The maximum atomic E-state index is 12.0. The number of nitrogens with one attached hydrogen (secondary N) is 2. The van der Waals surface area contributed by atoms with Crippen molar-refractivity contribution in [2.24, 2.45) is 5.84 Å². The van der Waals surface area contributed by atoms with Crippen molar-refractivity contribution >= 4 is 17.3 Å². The van der Waals surface area contributed by atoms with E-state index in [0.29, 0.717) is 29.4 Å². The van der Waals surface area contributed by atoms with Crippen molar-refractivity contribution in [2.45, 2.75) is 6.92 Å². The second-order valence-corrected chi connectivity index (χ2v) is 3.99. The molecule has 6 heteroatoms. The van der Waals surface area contributed by atoms with Gasteiger partial charge in [0.25, 0.3) is 5.91 Å². The van der Waals surface area contributed by atoms with Gasteiger partial charge >= 0.3 is 0 Å². The normalized spacial score (nSPS) is 9.90. The van der Waals surface area contributed by atoms with Crippen LogP contribution in [0.15, 0.2) is 42.6 Å². The van der Waals surface area contributed by atoms with E-state index in [1.54, 1.807) is 24.3 Å². The van der Waals surface area contributed by atoms with Crippen LogP contribution in [0.1, 0.15) is 17.4 Å². The van der Waals surface area contributed by atoms with Gasteiger partial charge in [0.15, 0.2) is 0 Å². The molecule has 2 aromatic rings. The maximum absolute atomic E-state index is 12.0. The van der Waals surface area contributed by atoms with Crippen molar-refractivity contribution in [1.82, 2.24) is 4.98 Å². The molecule has 4 N–H and O–H groups in total. The Balaban J connectivity index is 2.08. The molecular weight excluding hydrogens is 256 g/mol. The predicted octanol–water partition coefficient (Wildman–Crippen LogP) is 2.02. The third-order valence-corrected chi connectivity index (χ3v) is 2.57. The summed E-state index contributed by atoms with van der Waals surface area (Å²) in [5.41, 5.74) is 4.06. The first kappa shape index (κ1) is 13.8. The van der Waals surface area contributed by atoms with E-state index < -0.39 is 0 Å². The van der Waals surface area contributed by atoms with Crippen LogP contribution in [0, 0.1) is 0 Å². The Morgan fingerprint density at radius 2 is 2.15 bits per heavy atom. The number of benzene rings is 1. The average molecular weight is 272 g/mol. The molecule has 1 heterocycles. The van der Waals surface area contributed by atoms with Gasteiger partial charge < -0.3 is 15.5 Å². The van der Waals surface area contributed by atoms with Crippen molar-refractivity contribution in [1.29, 1.82) is 0 Å². The first-order chi connectivity index (χ1) is 9.72. The number of hydrazine groups is 1. The summed E-state index contributed by atoms with van der Waals surface area (Å²) in [5, 5.41) is 2.76. The molecule has 0 saturated heterocycles. The molecule has 0 fully saturated rings. The van der Waals surface area contributed by atoms with Gasteiger partial charge in [-0.15, -0.1) is 0 Å². The molecule has 0 spiro atoms. The first-order valence-electron chi connectivity index (χ1n) is 6.20. The fourth-order valence-corrected chi connectivity index (χ4v) is 1.64. The first-order valence-corrected chi connectivity index (χ1v) is 6.20. The summed E-state index contributed by atoms with van der Waals surface area (Å²) >= 11 is 0. The van der Waals surface area contributed by atoms with E-state index in [0.717, 1.165) is 0 Å². The van der Waals surface area contributed by atoms with Crippen LogP contribution in [0.2, 0.25) is 0 Å². The number of hydrogen-bond acceptors (Lipinski definition) is 5. The van der Waals surface area contributed by atoms with Gasteiger partial charge in [-0.3, -0.25) is 10.6 Å². The summed E-state index contributed by atoms with van der Waals surface area (Å²) in [5.74, 6) is 5.66. The number of anilines is 2. The number of pyridine rings is 1. The molecule has 104 valence electrons. The highest BCUT2D eigenvalue weighted by Crippen LogP contribution is 2.18. The fourth-order valence-electron chi connectivity index (χ4n) is 1.64. The van der Waals surface area contributed by atoms with E-state index in [9.17, 15) is 4.79 Å². The van der Waals surface area contributed by atoms with E-state index in [-0.39, 0.29) is 5.91 Å². The van der Waals surface area contributed by atoms with E-state index in [2.05, 4.69) is 15.7 Å². The van der Waals surface area contributed by atoms with E-state index in [4.69, 9.17) is 10.6 Å². The molecular formula is C14H16N4O2. The molecule has 0 unspecified atom stereocenters. The molecule has 0 aliphatic carbocycles. The van der Waals surface area contributed by atoms with Crippen LogP contribution >= 0.6 is 0 Å². The minimum atomic E-state index is -0.290. The molecule has 1 aromatic carbocycles. The summed E-state index contributed by atoms with van der Waals surface area (Å²) in [6.45, 7) is 2.48. The lowest BCUT2D eigenvalue weighted by molar-refractivity contribution is 0.102. The summed E-state index contributed by atoms with van der Waals surface area (Å²) in [7, 11) is 0. The van der Waals surface area contributed by atoms with Gasteiger partial charge in [0, 0.05) is 11.8 Å². The number of aromatic nitrogens is 1. The van der Waals surface area contributed by atoms with Crippen molar-refractivity contribution in [3.8, 4) is 5.75 Å². The smallest absolute Gasteiger partial charge is 0.274 e. The summed E-state index contributed by atoms with van der Waals surface area (Å²) in [6, 6.07) is 10.5. The summed E-state index contributed by atoms with van der Waals surface area (Å²) in [6.07, 6.45) is 1.49. The topological polar surface area (TPSA) is 89.3 Å². The summed E-state index contributed by atoms with van der Waals surface area (Å²) in [4.78, 5) is 16.0. The van der Waals surface area contributed by atoms with Crippen LogP contribution in [0.4, 0.5) is 11.4 Å². The van der Waals surface area contributed by atoms with Gasteiger partial charge in [-0.05, 0) is 31.2 Å². The second-order valence-electron chi connectivity index (χ2n) is 3.99. The predicted molar refractivity (Wildman–Crippen MR) is 77.6 cm³/mol. The van der Waals surface area contributed by atoms with Crippen LogP contribution in [-0.4, -0.2) is 17.5 Å². The molecule has 0 radical (unpaired) electrons. The lowest BCUT2D eigenvalue weighted by Gasteiger charge is -2.08. The number of carbonyl (C=O) groups is 1. The molecule has 6 nitrogen and oxygen atoms in total. The Labute approximate surface area is 116 Å². The standard InChI is InChI=1S/C14H16N4O2/c1-2-20-12-5-3-4-10(8-12)17-14(19)13-7-6-11(18-15)9-16-13/h3-9,18H,2,15H2,1H3,(H,17,19). The molecule has 0 atom stereocenters. The van der Waals surface area contributed by atoms with Crippen molar-refractivity contribution < 1.29 is 9.53 Å². The average Bonchev–Trinajstić information content (AvgIpc) is 2.48. The Hall–Kier alpha value is -2.60. The molecule has 0 saturated carbocycles. The van der Waals surface area contributed by atoms with E-state index in [1.165, 1.54) is 6.20 Å². The largest absolute Gasteiger partial charge is 0.494 e. The van der Waals surface area contributed by atoms with Crippen LogP contribution in [0.25, 0.3) is 0 Å². The van der Waals surface area contributed by atoms with Crippen molar-refractivity contribution in [3.63, 3.8) is 0 Å². The van der Waals surface area contributed by atoms with Crippen LogP contribution in [-0.2, 0) is 0 Å². The van der Waals surface area contributed by atoms with E-state index in [1.807, 2.05) is 19.1 Å². The zero-order valence-corrected chi connectivity index (χ0v) is 11.1. The van der Waals surface area contributed by atoms with Gasteiger partial charge in [0.2, 0.25) is 0 Å². The van der Waals surface area contributed by atoms with Gasteiger partial charge in [0.05, 0.1) is 18.5 Å². The lowest BCUT2D eigenvalue weighted by atomic mass is 10.2. The summed E-state index contributed by atoms with van der Waals surface area (Å²) < 4.78 is 5.37. The number of nitrogens with zero attached hydrogens (tertiary/aromatic N) is 1. The highest BCUT2D eigenvalue weighted by atomic mass is 16.5. The maximum Gasteiger partial charge on any atom is 0.274 e. The van der Waals surface area contributed by atoms with Gasteiger partial charge in [0.1, 0.15) is 11.4 Å². The third-order valence-electron chi connectivity index (χ3n) is 2.57. The van der Waals surface area contributed by atoms with E-state index >= 15 is 0 Å². The molecule has 1 amide bonds. The molecule has 1 aromatic heterocycles. The Morgan fingerprint density at radius 1 is 1.30 bits per heavy atom. The van der Waals surface area contributed by atoms with Crippen molar-refractivity contribution in [3.05, 3.63) is 48.3 Å². The molecule has 0 aliphatic rings. The highest BCUT2D eigenvalue weighted by molar-refractivity contribution is 6.03. The zero-order chi connectivity index (χ0) is 14.4. The number of nitrogens with two attached hydrogens (primary N) is 1. The molecule has 20 heavy (non-hydrogen) atoms. The fraction of sp³-hybridized carbons (Fsp3) is 0.143. The number of ether oxygens (including phenoxy) is 1. The van der Waals surface area contributed by atoms with Gasteiger partial charge in [-0.2, -0.15) is 0 Å². The number of carbonyl (C=O) groups excluding carboxylic acids is 1. The number of rotatable bonds is 5. The molecule has 0 bridgehead atoms. The third kappa shape index (κ3) is 3.46. The minimum Gasteiger partial charge on any atom is -0.494 e. The number of amides is 1. The van der Waals surface area contributed by atoms with Gasteiger partial charge in [-0.25, -0.2) is 4.98 Å². The SMILES string of the molecule is CCOc1cccc(NC(=O)c2ccc(NN)cn2)c1.